The normalized spacial score (nSPS) is 25.7. The molecule has 2 aliphatic rings. The third kappa shape index (κ3) is 2.73. The molecule has 2 fully saturated rings. The third-order valence-electron chi connectivity index (χ3n) is 5.06. The van der Waals surface area contributed by atoms with Crippen LogP contribution in [-0.2, 0) is 4.79 Å². The van der Waals surface area contributed by atoms with Crippen molar-refractivity contribution in [1.29, 1.82) is 0 Å². The van der Waals surface area contributed by atoms with Gasteiger partial charge < -0.3 is 5.32 Å². The van der Waals surface area contributed by atoms with Gasteiger partial charge in [0, 0.05) is 11.6 Å². The Morgan fingerprint density at radius 2 is 2.26 bits per heavy atom. The van der Waals surface area contributed by atoms with Crippen LogP contribution in [-0.4, -0.2) is 32.4 Å². The van der Waals surface area contributed by atoms with Crippen LogP contribution in [0.25, 0.3) is 5.69 Å². The van der Waals surface area contributed by atoms with Crippen LogP contribution in [0.3, 0.4) is 0 Å². The van der Waals surface area contributed by atoms with E-state index in [1.54, 1.807) is 4.68 Å². The summed E-state index contributed by atoms with van der Waals surface area (Å²) < 4.78 is 1.68. The zero-order valence-electron chi connectivity index (χ0n) is 13.0. The van der Waals surface area contributed by atoms with E-state index in [0.29, 0.717) is 5.92 Å². The molecule has 2 aromatic rings. The van der Waals surface area contributed by atoms with Crippen LogP contribution in [0.5, 0.6) is 0 Å². The first-order chi connectivity index (χ1) is 11.2. The van der Waals surface area contributed by atoms with Crippen molar-refractivity contribution in [3.8, 4) is 5.69 Å². The van der Waals surface area contributed by atoms with Crippen molar-refractivity contribution in [2.75, 3.05) is 11.6 Å². The Labute approximate surface area is 139 Å². The Morgan fingerprint density at radius 3 is 3.00 bits per heavy atom. The summed E-state index contributed by atoms with van der Waals surface area (Å²) in [5.74, 6) is 1.71. The van der Waals surface area contributed by atoms with Crippen LogP contribution in [0, 0.1) is 17.8 Å². The summed E-state index contributed by atoms with van der Waals surface area (Å²) in [5, 5.41) is 15.5. The number of nitrogens with one attached hydrogen (secondary N) is 1. The van der Waals surface area contributed by atoms with Gasteiger partial charge in [0.2, 0.25) is 11.1 Å². The summed E-state index contributed by atoms with van der Waals surface area (Å²) in [6, 6.07) is 7.68. The molecule has 1 N–H and O–H groups in total. The van der Waals surface area contributed by atoms with Gasteiger partial charge in [0.25, 0.3) is 0 Å². The van der Waals surface area contributed by atoms with E-state index in [1.165, 1.54) is 31.0 Å². The Balaban J connectivity index is 1.51. The SMILES string of the molecule is CSc1nnnn1-c1cccc(NC(=O)[C@H]2C[C@H]3CC[C@@H]2C3)c1. The predicted octanol–water partition coefficient (Wildman–Crippen LogP) is 2.76. The molecule has 0 unspecified atom stereocenters. The molecule has 1 heterocycles. The minimum absolute atomic E-state index is 0.163. The smallest absolute Gasteiger partial charge is 0.227 e. The van der Waals surface area contributed by atoms with E-state index in [9.17, 15) is 4.79 Å². The Kier molecular flexibility index (Phi) is 3.80. The first-order valence-corrected chi connectivity index (χ1v) is 9.20. The summed E-state index contributed by atoms with van der Waals surface area (Å²) in [5.41, 5.74) is 1.66. The van der Waals surface area contributed by atoms with Gasteiger partial charge in [-0.1, -0.05) is 24.2 Å². The molecule has 2 aliphatic carbocycles. The van der Waals surface area contributed by atoms with E-state index in [1.807, 2.05) is 30.5 Å². The molecule has 3 atom stereocenters. The van der Waals surface area contributed by atoms with Crippen molar-refractivity contribution in [3.05, 3.63) is 24.3 Å². The molecular weight excluding hydrogens is 310 g/mol. The Hall–Kier alpha value is -1.89. The number of fused-ring (bicyclic) bond motifs is 2. The van der Waals surface area contributed by atoms with Gasteiger partial charge in [0.15, 0.2) is 0 Å². The fraction of sp³-hybridized carbons (Fsp3) is 0.500. The average molecular weight is 329 g/mol. The molecule has 23 heavy (non-hydrogen) atoms. The van der Waals surface area contributed by atoms with Crippen molar-refractivity contribution in [2.45, 2.75) is 30.8 Å². The molecular formula is C16H19N5OS. The maximum Gasteiger partial charge on any atom is 0.227 e. The molecule has 7 heteroatoms. The number of anilines is 1. The van der Waals surface area contributed by atoms with Crippen LogP contribution in [0.4, 0.5) is 5.69 Å². The highest BCUT2D eigenvalue weighted by Gasteiger charge is 2.42. The maximum atomic E-state index is 12.6. The van der Waals surface area contributed by atoms with Gasteiger partial charge in [-0.25, -0.2) is 0 Å². The highest BCUT2D eigenvalue weighted by atomic mass is 32.2. The van der Waals surface area contributed by atoms with Gasteiger partial charge in [-0.15, -0.1) is 5.10 Å². The number of rotatable bonds is 4. The number of carbonyl (C=O) groups is 1. The van der Waals surface area contributed by atoms with E-state index < -0.39 is 0 Å². The fourth-order valence-electron chi connectivity index (χ4n) is 3.98. The number of amides is 1. The summed E-state index contributed by atoms with van der Waals surface area (Å²) >= 11 is 1.48. The standard InChI is InChI=1S/C16H19N5OS/c1-23-16-18-19-20-21(16)13-4-2-3-12(9-13)17-15(22)14-8-10-5-6-11(14)7-10/h2-4,9-11,14H,5-8H2,1H3,(H,17,22)/t10-,11+,14-/m0/s1. The largest absolute Gasteiger partial charge is 0.326 e. The molecule has 0 radical (unpaired) electrons. The second kappa shape index (κ2) is 5.96. The van der Waals surface area contributed by atoms with Crippen molar-refractivity contribution in [1.82, 2.24) is 20.2 Å². The minimum atomic E-state index is 0.163. The van der Waals surface area contributed by atoms with Gasteiger partial charge in [0.1, 0.15) is 0 Å². The second-order valence-corrected chi connectivity index (χ2v) is 7.17. The van der Waals surface area contributed by atoms with Crippen molar-refractivity contribution in [3.63, 3.8) is 0 Å². The molecule has 2 saturated carbocycles. The lowest BCUT2D eigenvalue weighted by molar-refractivity contribution is -0.121. The predicted molar refractivity (Wildman–Crippen MR) is 88.5 cm³/mol. The van der Waals surface area contributed by atoms with Crippen molar-refractivity contribution < 1.29 is 4.79 Å². The second-order valence-electron chi connectivity index (χ2n) is 6.40. The van der Waals surface area contributed by atoms with Gasteiger partial charge in [-0.3, -0.25) is 4.79 Å². The molecule has 1 aromatic carbocycles. The quantitative estimate of drug-likeness (QED) is 0.873. The highest BCUT2D eigenvalue weighted by Crippen LogP contribution is 2.48. The lowest BCUT2D eigenvalue weighted by Crippen LogP contribution is -2.27. The number of carbonyl (C=O) groups excluding carboxylic acids is 1. The lowest BCUT2D eigenvalue weighted by atomic mass is 9.88. The summed E-state index contributed by atoms with van der Waals surface area (Å²) in [6.07, 6.45) is 6.74. The first kappa shape index (κ1) is 14.7. The molecule has 1 aromatic heterocycles. The number of thioether (sulfide) groups is 1. The molecule has 0 spiro atoms. The number of benzene rings is 1. The zero-order valence-corrected chi connectivity index (χ0v) is 13.8. The molecule has 1 amide bonds. The molecule has 0 aliphatic heterocycles. The minimum Gasteiger partial charge on any atom is -0.326 e. The van der Waals surface area contributed by atoms with Gasteiger partial charge in [-0.05, 0) is 66.0 Å². The van der Waals surface area contributed by atoms with Crippen LogP contribution < -0.4 is 5.32 Å². The number of aromatic nitrogens is 4. The summed E-state index contributed by atoms with van der Waals surface area (Å²) in [7, 11) is 0. The van der Waals surface area contributed by atoms with Crippen LogP contribution in [0.1, 0.15) is 25.7 Å². The topological polar surface area (TPSA) is 72.7 Å². The van der Waals surface area contributed by atoms with E-state index in [0.717, 1.165) is 28.9 Å². The van der Waals surface area contributed by atoms with Crippen LogP contribution in [0.2, 0.25) is 0 Å². The zero-order chi connectivity index (χ0) is 15.8. The van der Waals surface area contributed by atoms with E-state index in [4.69, 9.17) is 0 Å². The number of hydrogen-bond acceptors (Lipinski definition) is 5. The summed E-state index contributed by atoms with van der Waals surface area (Å²) in [6.45, 7) is 0. The molecule has 120 valence electrons. The molecule has 6 nitrogen and oxygen atoms in total. The number of nitrogens with zero attached hydrogens (tertiary/aromatic N) is 4. The van der Waals surface area contributed by atoms with Gasteiger partial charge in [0.05, 0.1) is 5.69 Å². The third-order valence-corrected chi connectivity index (χ3v) is 5.68. The molecule has 2 bridgehead atoms. The Morgan fingerprint density at radius 1 is 1.35 bits per heavy atom. The molecule has 4 rings (SSSR count). The molecule has 0 saturated heterocycles. The lowest BCUT2D eigenvalue weighted by Gasteiger charge is -2.20. The average Bonchev–Trinajstić information content (AvgIpc) is 3.30. The number of hydrogen-bond donors (Lipinski definition) is 1. The van der Waals surface area contributed by atoms with Crippen LogP contribution in [0.15, 0.2) is 29.4 Å². The van der Waals surface area contributed by atoms with E-state index in [2.05, 4.69) is 20.8 Å². The Bertz CT molecular complexity index is 731. The van der Waals surface area contributed by atoms with Gasteiger partial charge >= 0.3 is 0 Å². The van der Waals surface area contributed by atoms with Crippen LogP contribution >= 0.6 is 11.8 Å². The number of tetrazole rings is 1. The van der Waals surface area contributed by atoms with Crippen molar-refractivity contribution >= 4 is 23.4 Å². The van der Waals surface area contributed by atoms with Gasteiger partial charge in [-0.2, -0.15) is 4.68 Å². The first-order valence-electron chi connectivity index (χ1n) is 7.98. The summed E-state index contributed by atoms with van der Waals surface area (Å²) in [4.78, 5) is 12.6. The fourth-order valence-corrected chi connectivity index (χ4v) is 4.42. The van der Waals surface area contributed by atoms with Crippen molar-refractivity contribution in [2.24, 2.45) is 17.8 Å². The maximum absolute atomic E-state index is 12.6. The van der Waals surface area contributed by atoms with E-state index >= 15 is 0 Å². The highest BCUT2D eigenvalue weighted by molar-refractivity contribution is 7.98. The monoisotopic (exact) mass is 329 g/mol. The van der Waals surface area contributed by atoms with E-state index in [-0.39, 0.29) is 11.8 Å².